The molecular formula is C16H18N2OS. The molecule has 2 atom stereocenters. The van der Waals surface area contributed by atoms with Crippen molar-refractivity contribution in [3.05, 3.63) is 51.7 Å². The van der Waals surface area contributed by atoms with E-state index in [-0.39, 0.29) is 18.0 Å². The third kappa shape index (κ3) is 2.56. The first-order chi connectivity index (χ1) is 9.63. The summed E-state index contributed by atoms with van der Waals surface area (Å²) in [6, 6.07) is 12.2. The molecular weight excluding hydrogens is 268 g/mol. The summed E-state index contributed by atoms with van der Waals surface area (Å²) >= 11 is 1.73. The van der Waals surface area contributed by atoms with Crippen molar-refractivity contribution in [2.75, 3.05) is 5.32 Å². The molecule has 20 heavy (non-hydrogen) atoms. The molecule has 3 rings (SSSR count). The molecule has 1 aliphatic rings. The van der Waals surface area contributed by atoms with E-state index >= 15 is 0 Å². The van der Waals surface area contributed by atoms with E-state index in [1.165, 1.54) is 15.3 Å². The monoisotopic (exact) mass is 286 g/mol. The van der Waals surface area contributed by atoms with Crippen LogP contribution in [0.4, 0.5) is 5.69 Å². The quantitative estimate of drug-likeness (QED) is 0.909. The number of fused-ring (bicyclic) bond motifs is 1. The maximum atomic E-state index is 12.3. The van der Waals surface area contributed by atoms with E-state index in [4.69, 9.17) is 0 Å². The molecule has 2 heterocycles. The average molecular weight is 286 g/mol. The summed E-state index contributed by atoms with van der Waals surface area (Å²) in [7, 11) is 0. The summed E-state index contributed by atoms with van der Waals surface area (Å²) in [5.41, 5.74) is 2.29. The fourth-order valence-corrected chi connectivity index (χ4v) is 3.41. The number of anilines is 1. The Hall–Kier alpha value is -1.81. The molecule has 1 aromatic carbocycles. The number of benzene rings is 1. The highest BCUT2D eigenvalue weighted by molar-refractivity contribution is 7.12. The zero-order valence-corrected chi connectivity index (χ0v) is 12.5. The number of aryl methyl sites for hydroxylation is 1. The number of hydrogen-bond donors (Lipinski definition) is 2. The van der Waals surface area contributed by atoms with Gasteiger partial charge >= 0.3 is 0 Å². The lowest BCUT2D eigenvalue weighted by molar-refractivity contribution is -0.122. The number of carbonyl (C=O) groups is 1. The first-order valence-electron chi connectivity index (χ1n) is 6.84. The second-order valence-corrected chi connectivity index (χ2v) is 6.56. The number of nitrogens with one attached hydrogen (secondary N) is 2. The van der Waals surface area contributed by atoms with Gasteiger partial charge in [0.25, 0.3) is 0 Å². The Kier molecular flexibility index (Phi) is 3.49. The van der Waals surface area contributed by atoms with E-state index in [0.29, 0.717) is 0 Å². The topological polar surface area (TPSA) is 41.1 Å². The Labute approximate surface area is 123 Å². The SMILES string of the molecule is Cc1ccc(C(C)NC(=O)C2Cc3ccccc3N2)s1. The molecule has 104 valence electrons. The van der Waals surface area contributed by atoms with Crippen molar-refractivity contribution in [1.82, 2.24) is 5.32 Å². The third-order valence-electron chi connectivity index (χ3n) is 3.63. The van der Waals surface area contributed by atoms with Crippen molar-refractivity contribution >= 4 is 22.9 Å². The predicted molar refractivity (Wildman–Crippen MR) is 83.2 cm³/mol. The molecule has 1 aliphatic heterocycles. The highest BCUT2D eigenvalue weighted by Gasteiger charge is 2.27. The third-order valence-corrected chi connectivity index (χ3v) is 4.82. The first-order valence-corrected chi connectivity index (χ1v) is 7.66. The number of rotatable bonds is 3. The molecule has 4 heteroatoms. The van der Waals surface area contributed by atoms with E-state index in [1.807, 2.05) is 25.1 Å². The molecule has 0 radical (unpaired) electrons. The number of hydrogen-bond acceptors (Lipinski definition) is 3. The standard InChI is InChI=1S/C16H18N2OS/c1-10-7-8-15(20-10)11(2)17-16(19)14-9-12-5-3-4-6-13(12)18-14/h3-8,11,14,18H,9H2,1-2H3,(H,17,19). The number of thiophene rings is 1. The van der Waals surface area contributed by atoms with Crippen molar-refractivity contribution in [2.24, 2.45) is 0 Å². The normalized spacial score (nSPS) is 18.2. The van der Waals surface area contributed by atoms with Gasteiger partial charge in [-0.3, -0.25) is 4.79 Å². The lowest BCUT2D eigenvalue weighted by Gasteiger charge is -2.16. The van der Waals surface area contributed by atoms with Gasteiger partial charge in [0.05, 0.1) is 6.04 Å². The molecule has 1 aromatic heterocycles. The highest BCUT2D eigenvalue weighted by Crippen LogP contribution is 2.26. The minimum absolute atomic E-state index is 0.0618. The van der Waals surface area contributed by atoms with Crippen LogP contribution in [-0.4, -0.2) is 11.9 Å². The molecule has 0 bridgehead atoms. The maximum Gasteiger partial charge on any atom is 0.243 e. The summed E-state index contributed by atoms with van der Waals surface area (Å²) in [4.78, 5) is 14.8. The lowest BCUT2D eigenvalue weighted by atomic mass is 10.1. The molecule has 1 amide bonds. The van der Waals surface area contributed by atoms with Gasteiger partial charge in [-0.25, -0.2) is 0 Å². The molecule has 2 N–H and O–H groups in total. The predicted octanol–water partition coefficient (Wildman–Crippen LogP) is 3.27. The second-order valence-electron chi connectivity index (χ2n) is 5.24. The van der Waals surface area contributed by atoms with E-state index in [0.717, 1.165) is 12.1 Å². The summed E-state index contributed by atoms with van der Waals surface area (Å²) < 4.78 is 0. The molecule has 0 spiro atoms. The van der Waals surface area contributed by atoms with Crippen molar-refractivity contribution < 1.29 is 4.79 Å². The molecule has 0 saturated carbocycles. The number of amides is 1. The van der Waals surface area contributed by atoms with Crippen LogP contribution >= 0.6 is 11.3 Å². The van der Waals surface area contributed by atoms with E-state index in [1.54, 1.807) is 11.3 Å². The van der Waals surface area contributed by atoms with Crippen molar-refractivity contribution in [1.29, 1.82) is 0 Å². The van der Waals surface area contributed by atoms with E-state index in [2.05, 4.69) is 35.8 Å². The first kappa shape index (κ1) is 13.2. The fraction of sp³-hybridized carbons (Fsp3) is 0.312. The van der Waals surface area contributed by atoms with Crippen LogP contribution in [0.15, 0.2) is 36.4 Å². The molecule has 2 unspecified atom stereocenters. The molecule has 0 fully saturated rings. The van der Waals surface area contributed by atoms with Crippen LogP contribution in [0.2, 0.25) is 0 Å². The van der Waals surface area contributed by atoms with Gasteiger partial charge in [0.2, 0.25) is 5.91 Å². The van der Waals surface area contributed by atoms with Crippen molar-refractivity contribution in [2.45, 2.75) is 32.4 Å². The van der Waals surface area contributed by atoms with Crippen LogP contribution in [0.1, 0.15) is 28.3 Å². The van der Waals surface area contributed by atoms with Crippen LogP contribution in [0.3, 0.4) is 0 Å². The van der Waals surface area contributed by atoms with E-state index < -0.39 is 0 Å². The van der Waals surface area contributed by atoms with Gasteiger partial charge in [-0.15, -0.1) is 11.3 Å². The van der Waals surface area contributed by atoms with E-state index in [9.17, 15) is 4.79 Å². The number of para-hydroxylation sites is 1. The molecule has 3 nitrogen and oxygen atoms in total. The summed E-state index contributed by atoms with van der Waals surface area (Å²) in [5.74, 6) is 0.0692. The van der Waals surface area contributed by atoms with Crippen LogP contribution in [-0.2, 0) is 11.2 Å². The van der Waals surface area contributed by atoms with Crippen molar-refractivity contribution in [3.8, 4) is 0 Å². The highest BCUT2D eigenvalue weighted by atomic mass is 32.1. The van der Waals surface area contributed by atoms with Gasteiger partial charge in [0, 0.05) is 21.9 Å². The largest absolute Gasteiger partial charge is 0.373 e. The van der Waals surface area contributed by atoms with Crippen LogP contribution in [0, 0.1) is 6.92 Å². The average Bonchev–Trinajstić information content (AvgIpc) is 3.04. The maximum absolute atomic E-state index is 12.3. The van der Waals surface area contributed by atoms with Crippen molar-refractivity contribution in [3.63, 3.8) is 0 Å². The second kappa shape index (κ2) is 5.29. The molecule has 0 saturated heterocycles. The van der Waals surface area contributed by atoms with Gasteiger partial charge in [-0.05, 0) is 37.6 Å². The smallest absolute Gasteiger partial charge is 0.243 e. The summed E-state index contributed by atoms with van der Waals surface area (Å²) in [5, 5.41) is 6.38. The minimum Gasteiger partial charge on any atom is -0.373 e. The van der Waals surface area contributed by atoms with Crippen LogP contribution in [0.5, 0.6) is 0 Å². The summed E-state index contributed by atoms with van der Waals surface area (Å²) in [6.07, 6.45) is 0.762. The van der Waals surface area contributed by atoms with Gasteiger partial charge < -0.3 is 10.6 Å². The van der Waals surface area contributed by atoms with Crippen LogP contribution in [0.25, 0.3) is 0 Å². The van der Waals surface area contributed by atoms with Gasteiger partial charge in [0.1, 0.15) is 6.04 Å². The van der Waals surface area contributed by atoms with Crippen LogP contribution < -0.4 is 10.6 Å². The van der Waals surface area contributed by atoms with Gasteiger partial charge in [-0.1, -0.05) is 18.2 Å². The molecule has 2 aromatic rings. The van der Waals surface area contributed by atoms with Gasteiger partial charge in [0.15, 0.2) is 0 Å². The fourth-order valence-electron chi connectivity index (χ4n) is 2.53. The zero-order valence-electron chi connectivity index (χ0n) is 11.6. The van der Waals surface area contributed by atoms with Gasteiger partial charge in [-0.2, -0.15) is 0 Å². The minimum atomic E-state index is -0.157. The number of carbonyl (C=O) groups excluding carboxylic acids is 1. The Bertz CT molecular complexity index is 610. The lowest BCUT2D eigenvalue weighted by Crippen LogP contribution is -2.39. The Morgan fingerprint density at radius 2 is 2.15 bits per heavy atom. The summed E-state index contributed by atoms with van der Waals surface area (Å²) in [6.45, 7) is 4.11. The Morgan fingerprint density at radius 3 is 2.85 bits per heavy atom. The zero-order chi connectivity index (χ0) is 14.1. The Morgan fingerprint density at radius 1 is 1.35 bits per heavy atom. The Balaban J connectivity index is 1.64. The molecule has 0 aliphatic carbocycles.